The van der Waals surface area contributed by atoms with E-state index in [9.17, 15) is 0 Å². The van der Waals surface area contributed by atoms with Gasteiger partial charge in [-0.25, -0.2) is 0 Å². The van der Waals surface area contributed by atoms with Crippen LogP contribution in [0.25, 0.3) is 0 Å². The monoisotopic (exact) mass is 162 g/mol. The molecule has 1 aromatic carbocycles. The van der Waals surface area contributed by atoms with Gasteiger partial charge in [-0.05, 0) is 18.1 Å². The summed E-state index contributed by atoms with van der Waals surface area (Å²) in [5.41, 5.74) is 2.43. The summed E-state index contributed by atoms with van der Waals surface area (Å²) >= 11 is 0. The van der Waals surface area contributed by atoms with Gasteiger partial charge >= 0.3 is 0 Å². The predicted octanol–water partition coefficient (Wildman–Crippen LogP) is 1.89. The number of aryl methyl sites for hydroxylation is 1. The highest BCUT2D eigenvalue weighted by molar-refractivity contribution is 5.81. The van der Waals surface area contributed by atoms with Crippen LogP contribution in [-0.4, -0.2) is 25.3 Å². The molecule has 0 bridgehead atoms. The van der Waals surface area contributed by atoms with Crippen molar-refractivity contribution < 1.29 is 0 Å². The van der Waals surface area contributed by atoms with Gasteiger partial charge in [0.25, 0.3) is 0 Å². The fourth-order valence-electron chi connectivity index (χ4n) is 0.909. The van der Waals surface area contributed by atoms with Crippen LogP contribution in [0, 0.1) is 6.92 Å². The molecule has 0 heterocycles. The van der Waals surface area contributed by atoms with E-state index in [1.807, 2.05) is 32.4 Å². The molecule has 0 aromatic heterocycles. The van der Waals surface area contributed by atoms with E-state index >= 15 is 0 Å². The van der Waals surface area contributed by atoms with Gasteiger partial charge in [-0.2, -0.15) is 5.10 Å². The summed E-state index contributed by atoms with van der Waals surface area (Å²) in [5.74, 6) is 0. The van der Waals surface area contributed by atoms with Crippen molar-refractivity contribution in [3.8, 4) is 0 Å². The van der Waals surface area contributed by atoms with E-state index in [1.54, 1.807) is 5.01 Å². The average Bonchev–Trinajstić information content (AvgIpc) is 2.03. The zero-order valence-electron chi connectivity index (χ0n) is 7.78. The molecule has 0 unspecified atom stereocenters. The van der Waals surface area contributed by atoms with Crippen LogP contribution in [-0.2, 0) is 0 Å². The van der Waals surface area contributed by atoms with Gasteiger partial charge in [0, 0.05) is 14.1 Å². The lowest BCUT2D eigenvalue weighted by molar-refractivity contribution is 0.440. The molecule has 0 N–H and O–H groups in total. The van der Waals surface area contributed by atoms with E-state index in [0.717, 1.165) is 0 Å². The third-order valence-corrected chi connectivity index (χ3v) is 1.62. The molecule has 0 aliphatic heterocycles. The van der Waals surface area contributed by atoms with Crippen molar-refractivity contribution in [2.45, 2.75) is 6.92 Å². The van der Waals surface area contributed by atoms with Gasteiger partial charge in [0.1, 0.15) is 0 Å². The summed E-state index contributed by atoms with van der Waals surface area (Å²) in [4.78, 5) is 0. The highest BCUT2D eigenvalue weighted by Gasteiger charge is 1.90. The van der Waals surface area contributed by atoms with Gasteiger partial charge in [-0.3, -0.25) is 0 Å². The van der Waals surface area contributed by atoms with E-state index in [2.05, 4.69) is 24.2 Å². The maximum Gasteiger partial charge on any atom is 0.0545 e. The van der Waals surface area contributed by atoms with Crippen LogP contribution in [0.3, 0.4) is 0 Å². The number of hydrogen-bond acceptors (Lipinski definition) is 2. The van der Waals surface area contributed by atoms with Crippen LogP contribution in [0.1, 0.15) is 11.1 Å². The Bertz CT molecular complexity index is 277. The molecular formula is C10H14N2. The van der Waals surface area contributed by atoms with Crippen LogP contribution in [0.2, 0.25) is 0 Å². The minimum absolute atomic E-state index is 1.17. The van der Waals surface area contributed by atoms with Crippen molar-refractivity contribution in [2.24, 2.45) is 5.10 Å². The lowest BCUT2D eigenvalue weighted by Crippen LogP contribution is -2.02. The van der Waals surface area contributed by atoms with Gasteiger partial charge < -0.3 is 5.01 Å². The van der Waals surface area contributed by atoms with Gasteiger partial charge in [0.2, 0.25) is 0 Å². The Labute approximate surface area is 73.5 Å². The van der Waals surface area contributed by atoms with Gasteiger partial charge in [0.15, 0.2) is 0 Å². The molecule has 0 atom stereocenters. The van der Waals surface area contributed by atoms with E-state index in [1.165, 1.54) is 11.1 Å². The van der Waals surface area contributed by atoms with Crippen LogP contribution >= 0.6 is 0 Å². The molecule has 0 saturated carbocycles. The fourth-order valence-corrected chi connectivity index (χ4v) is 0.909. The van der Waals surface area contributed by atoms with Crippen molar-refractivity contribution in [1.82, 2.24) is 5.01 Å². The molecule has 0 aliphatic rings. The minimum atomic E-state index is 1.17. The molecule has 2 heteroatoms. The second-order valence-electron chi connectivity index (χ2n) is 2.95. The smallest absolute Gasteiger partial charge is 0.0545 e. The maximum absolute atomic E-state index is 4.16. The van der Waals surface area contributed by atoms with Crippen molar-refractivity contribution in [1.29, 1.82) is 0 Å². The molecule has 0 aliphatic carbocycles. The second-order valence-corrected chi connectivity index (χ2v) is 2.95. The van der Waals surface area contributed by atoms with Crippen molar-refractivity contribution in [2.75, 3.05) is 14.1 Å². The highest BCUT2D eigenvalue weighted by Crippen LogP contribution is 2.03. The molecule has 1 aromatic rings. The summed E-state index contributed by atoms with van der Waals surface area (Å²) in [5, 5.41) is 5.95. The minimum Gasteiger partial charge on any atom is -0.303 e. The van der Waals surface area contributed by atoms with Gasteiger partial charge in [-0.15, -0.1) is 0 Å². The highest BCUT2D eigenvalue weighted by atomic mass is 15.4. The van der Waals surface area contributed by atoms with E-state index in [-0.39, 0.29) is 0 Å². The molecule has 0 spiro atoms. The Hall–Kier alpha value is -1.31. The molecule has 0 radical (unpaired) electrons. The third kappa shape index (κ3) is 2.38. The van der Waals surface area contributed by atoms with E-state index in [4.69, 9.17) is 0 Å². The Morgan fingerprint density at radius 3 is 2.50 bits per heavy atom. The topological polar surface area (TPSA) is 15.6 Å². The van der Waals surface area contributed by atoms with Crippen LogP contribution in [0.5, 0.6) is 0 Å². The van der Waals surface area contributed by atoms with Gasteiger partial charge in [-0.1, -0.05) is 24.3 Å². The third-order valence-electron chi connectivity index (χ3n) is 1.62. The zero-order chi connectivity index (χ0) is 8.97. The quantitative estimate of drug-likeness (QED) is 0.479. The Morgan fingerprint density at radius 2 is 1.92 bits per heavy atom. The molecule has 2 nitrogen and oxygen atoms in total. The number of hydrogen-bond donors (Lipinski definition) is 0. The fraction of sp³-hybridized carbons (Fsp3) is 0.300. The normalized spacial score (nSPS) is 10.6. The molecule has 0 fully saturated rings. The van der Waals surface area contributed by atoms with Crippen LogP contribution in [0.15, 0.2) is 29.4 Å². The first-order valence-electron chi connectivity index (χ1n) is 3.97. The Morgan fingerprint density at radius 1 is 1.25 bits per heavy atom. The predicted molar refractivity (Wildman–Crippen MR) is 52.5 cm³/mol. The Kier molecular flexibility index (Phi) is 2.86. The first-order chi connectivity index (χ1) is 5.70. The van der Waals surface area contributed by atoms with Crippen LogP contribution in [0.4, 0.5) is 0 Å². The molecule has 64 valence electrons. The Balaban J connectivity index is 2.82. The first-order valence-corrected chi connectivity index (χ1v) is 3.97. The molecule has 0 saturated heterocycles. The average molecular weight is 162 g/mol. The van der Waals surface area contributed by atoms with Crippen molar-refractivity contribution >= 4 is 6.21 Å². The standard InChI is InChI=1S/C10H14N2/c1-9-6-4-5-7-10(9)8-11-12(2)3/h4-8H,1-3H3/b11-8+. The van der Waals surface area contributed by atoms with Crippen molar-refractivity contribution in [3.63, 3.8) is 0 Å². The van der Waals surface area contributed by atoms with Crippen LogP contribution < -0.4 is 0 Å². The van der Waals surface area contributed by atoms with Crippen molar-refractivity contribution in [3.05, 3.63) is 35.4 Å². The largest absolute Gasteiger partial charge is 0.303 e. The lowest BCUT2D eigenvalue weighted by atomic mass is 10.1. The summed E-state index contributed by atoms with van der Waals surface area (Å²) in [6.07, 6.45) is 1.87. The zero-order valence-corrected chi connectivity index (χ0v) is 7.78. The number of benzene rings is 1. The number of rotatable bonds is 2. The summed E-state index contributed by atoms with van der Waals surface area (Å²) < 4.78 is 0. The molecular weight excluding hydrogens is 148 g/mol. The molecule has 0 amide bonds. The van der Waals surface area contributed by atoms with E-state index in [0.29, 0.717) is 0 Å². The number of hydrazone groups is 1. The van der Waals surface area contributed by atoms with Gasteiger partial charge in [0.05, 0.1) is 6.21 Å². The van der Waals surface area contributed by atoms with E-state index < -0.39 is 0 Å². The summed E-state index contributed by atoms with van der Waals surface area (Å²) in [6.45, 7) is 2.08. The number of nitrogens with zero attached hydrogens (tertiary/aromatic N) is 2. The maximum atomic E-state index is 4.16. The summed E-state index contributed by atoms with van der Waals surface area (Å²) in [7, 11) is 3.82. The lowest BCUT2D eigenvalue weighted by Gasteiger charge is -2.03. The molecule has 1 rings (SSSR count). The first kappa shape index (κ1) is 8.78. The summed E-state index contributed by atoms with van der Waals surface area (Å²) in [6, 6.07) is 8.19. The molecule has 12 heavy (non-hydrogen) atoms. The second kappa shape index (κ2) is 3.90. The SMILES string of the molecule is Cc1ccccc1/C=N/N(C)C.